The molecule has 3 N–H and O–H groups in total. The molecule has 0 saturated heterocycles. The predicted octanol–water partition coefficient (Wildman–Crippen LogP) is 4.26. The first-order valence-corrected chi connectivity index (χ1v) is 10.7. The molecule has 1 atom stereocenters. The highest BCUT2D eigenvalue weighted by Crippen LogP contribution is 2.22. The summed E-state index contributed by atoms with van der Waals surface area (Å²) in [6, 6.07) is 11.7. The minimum Gasteiger partial charge on any atom is -0.383 e. The monoisotopic (exact) mass is 385 g/mol. The Hall–Kier alpha value is -2.31. The summed E-state index contributed by atoms with van der Waals surface area (Å²) >= 11 is 0. The molecule has 2 aromatic carbocycles. The van der Waals surface area contributed by atoms with Gasteiger partial charge in [-0.05, 0) is 61.9 Å². The summed E-state index contributed by atoms with van der Waals surface area (Å²) in [5, 5.41) is 4.49. The highest BCUT2D eigenvalue weighted by molar-refractivity contribution is 7.89. The van der Waals surface area contributed by atoms with Gasteiger partial charge in [-0.25, -0.2) is 13.1 Å². The molecular formula is C21H27N3O2S. The van der Waals surface area contributed by atoms with Crippen molar-refractivity contribution in [3.05, 3.63) is 59.3 Å². The van der Waals surface area contributed by atoms with Crippen molar-refractivity contribution in [1.82, 2.24) is 9.71 Å². The number of aromatic nitrogens is 1. The first-order chi connectivity index (χ1) is 12.8. The van der Waals surface area contributed by atoms with Crippen molar-refractivity contribution in [2.75, 3.05) is 11.9 Å². The zero-order chi connectivity index (χ0) is 19.6. The molecule has 0 aliphatic carbocycles. The van der Waals surface area contributed by atoms with Gasteiger partial charge in [0.2, 0.25) is 10.0 Å². The third-order valence-electron chi connectivity index (χ3n) is 4.80. The van der Waals surface area contributed by atoms with Crippen LogP contribution in [-0.4, -0.2) is 26.0 Å². The molecule has 0 aliphatic rings. The van der Waals surface area contributed by atoms with Gasteiger partial charge in [-0.15, -0.1) is 0 Å². The van der Waals surface area contributed by atoms with E-state index in [2.05, 4.69) is 15.0 Å². The maximum Gasteiger partial charge on any atom is 0.241 e. The van der Waals surface area contributed by atoms with Gasteiger partial charge in [0, 0.05) is 30.0 Å². The summed E-state index contributed by atoms with van der Waals surface area (Å²) in [6.07, 6.45) is 2.60. The van der Waals surface area contributed by atoms with Crippen LogP contribution >= 0.6 is 0 Å². The molecule has 0 amide bonds. The Labute approximate surface area is 161 Å². The van der Waals surface area contributed by atoms with Gasteiger partial charge in [-0.1, -0.05) is 30.7 Å². The maximum atomic E-state index is 13.0. The summed E-state index contributed by atoms with van der Waals surface area (Å²) in [7, 11) is -3.58. The number of sulfonamides is 1. The number of H-pyrrole nitrogens is 1. The lowest BCUT2D eigenvalue weighted by Crippen LogP contribution is -2.39. The molecule has 1 heterocycles. The second-order valence-corrected chi connectivity index (χ2v) is 8.77. The molecule has 3 aromatic rings. The van der Waals surface area contributed by atoms with Crippen molar-refractivity contribution in [3.63, 3.8) is 0 Å². The van der Waals surface area contributed by atoms with E-state index in [-0.39, 0.29) is 6.04 Å². The molecule has 5 nitrogen and oxygen atoms in total. The van der Waals surface area contributed by atoms with Crippen molar-refractivity contribution < 1.29 is 8.42 Å². The zero-order valence-corrected chi connectivity index (χ0v) is 17.1. The number of hydrogen-bond donors (Lipinski definition) is 3. The standard InChI is InChI=1S/C21H27N3O2S/c1-5-18(13-23-19-7-6-17-8-9-22-20(17)12-19)24-27(25,26)21-15(3)10-14(2)11-16(21)4/h6-12,18,22-24H,5,13H2,1-4H3/t18-/m0/s1. The van der Waals surface area contributed by atoms with Gasteiger partial charge in [-0.2, -0.15) is 0 Å². The van der Waals surface area contributed by atoms with E-state index in [1.165, 1.54) is 0 Å². The SMILES string of the molecule is CC[C@@H](CNc1ccc2cc[nH]c2c1)NS(=O)(=O)c1c(C)cc(C)cc1C. The summed E-state index contributed by atoms with van der Waals surface area (Å²) in [5.74, 6) is 0. The zero-order valence-electron chi connectivity index (χ0n) is 16.3. The fraction of sp³-hybridized carbons (Fsp3) is 0.333. The van der Waals surface area contributed by atoms with Crippen molar-refractivity contribution in [2.24, 2.45) is 0 Å². The van der Waals surface area contributed by atoms with Crippen LogP contribution in [0.1, 0.15) is 30.0 Å². The minimum atomic E-state index is -3.58. The Bertz CT molecular complexity index is 1030. The molecule has 6 heteroatoms. The van der Waals surface area contributed by atoms with Crippen molar-refractivity contribution in [2.45, 2.75) is 45.1 Å². The van der Waals surface area contributed by atoms with E-state index in [4.69, 9.17) is 0 Å². The van der Waals surface area contributed by atoms with Crippen molar-refractivity contribution in [3.8, 4) is 0 Å². The smallest absolute Gasteiger partial charge is 0.241 e. The second-order valence-electron chi connectivity index (χ2n) is 7.11. The van der Waals surface area contributed by atoms with Gasteiger partial charge in [0.25, 0.3) is 0 Å². The number of rotatable bonds is 7. The third-order valence-corrected chi connectivity index (χ3v) is 6.62. The third kappa shape index (κ3) is 4.34. The largest absolute Gasteiger partial charge is 0.383 e. The number of anilines is 1. The van der Waals surface area contributed by atoms with E-state index in [1.807, 2.05) is 70.3 Å². The number of benzene rings is 2. The summed E-state index contributed by atoms with van der Waals surface area (Å²) in [6.45, 7) is 8.17. The average molecular weight is 386 g/mol. The van der Waals surface area contributed by atoms with E-state index in [1.54, 1.807) is 0 Å². The fourth-order valence-corrected chi connectivity index (χ4v) is 5.31. The second kappa shape index (κ2) is 7.74. The number of fused-ring (bicyclic) bond motifs is 1. The van der Waals surface area contributed by atoms with Gasteiger partial charge in [0.1, 0.15) is 0 Å². The van der Waals surface area contributed by atoms with Crippen LogP contribution in [0.2, 0.25) is 0 Å². The molecule has 0 aliphatic heterocycles. The van der Waals surface area contributed by atoms with Crippen LogP contribution in [0, 0.1) is 20.8 Å². The summed E-state index contributed by atoms with van der Waals surface area (Å²) in [4.78, 5) is 3.58. The van der Waals surface area contributed by atoms with Crippen LogP contribution in [0.25, 0.3) is 10.9 Å². The van der Waals surface area contributed by atoms with Gasteiger partial charge in [0.05, 0.1) is 4.90 Å². The molecule has 3 rings (SSSR count). The quantitative estimate of drug-likeness (QED) is 0.569. The van der Waals surface area contributed by atoms with Crippen LogP contribution in [0.4, 0.5) is 5.69 Å². The average Bonchev–Trinajstić information content (AvgIpc) is 3.04. The topological polar surface area (TPSA) is 74.0 Å². The predicted molar refractivity (Wildman–Crippen MR) is 112 cm³/mol. The molecular weight excluding hydrogens is 358 g/mol. The molecule has 144 valence electrons. The number of aromatic amines is 1. The van der Waals surface area contributed by atoms with E-state index < -0.39 is 10.0 Å². The number of aryl methyl sites for hydroxylation is 3. The normalized spacial score (nSPS) is 13.0. The van der Waals surface area contributed by atoms with Crippen molar-refractivity contribution >= 4 is 26.6 Å². The Morgan fingerprint density at radius 2 is 1.74 bits per heavy atom. The molecule has 27 heavy (non-hydrogen) atoms. The molecule has 0 bridgehead atoms. The maximum absolute atomic E-state index is 13.0. The molecule has 0 spiro atoms. The van der Waals surface area contributed by atoms with Gasteiger partial charge in [-0.3, -0.25) is 0 Å². The van der Waals surface area contributed by atoms with E-state index >= 15 is 0 Å². The van der Waals surface area contributed by atoms with E-state index in [0.29, 0.717) is 17.9 Å². The highest BCUT2D eigenvalue weighted by Gasteiger charge is 2.23. The fourth-order valence-electron chi connectivity index (χ4n) is 3.54. The molecule has 0 fully saturated rings. The van der Waals surface area contributed by atoms with Crippen LogP contribution in [0.5, 0.6) is 0 Å². The number of nitrogens with one attached hydrogen (secondary N) is 3. The number of hydrogen-bond acceptors (Lipinski definition) is 3. The van der Waals surface area contributed by atoms with Crippen LogP contribution in [0.15, 0.2) is 47.5 Å². The Morgan fingerprint density at radius 1 is 1.04 bits per heavy atom. The molecule has 1 aromatic heterocycles. The summed E-state index contributed by atoms with van der Waals surface area (Å²) in [5.41, 5.74) is 4.64. The van der Waals surface area contributed by atoms with Crippen LogP contribution < -0.4 is 10.0 Å². The Morgan fingerprint density at radius 3 is 2.41 bits per heavy atom. The first kappa shape index (κ1) is 19.5. The van der Waals surface area contributed by atoms with Gasteiger partial charge in [0.15, 0.2) is 0 Å². The van der Waals surface area contributed by atoms with Crippen LogP contribution in [-0.2, 0) is 10.0 Å². The Kier molecular flexibility index (Phi) is 5.58. The lowest BCUT2D eigenvalue weighted by Gasteiger charge is -2.20. The van der Waals surface area contributed by atoms with Crippen LogP contribution in [0.3, 0.4) is 0 Å². The molecule has 0 unspecified atom stereocenters. The van der Waals surface area contributed by atoms with E-state index in [0.717, 1.165) is 33.3 Å². The molecule has 0 radical (unpaired) electrons. The lowest BCUT2D eigenvalue weighted by molar-refractivity contribution is 0.547. The lowest BCUT2D eigenvalue weighted by atomic mass is 10.1. The minimum absolute atomic E-state index is 0.200. The highest BCUT2D eigenvalue weighted by atomic mass is 32.2. The Balaban J connectivity index is 1.74. The summed E-state index contributed by atoms with van der Waals surface area (Å²) < 4.78 is 28.8. The van der Waals surface area contributed by atoms with Gasteiger partial charge < -0.3 is 10.3 Å². The van der Waals surface area contributed by atoms with Gasteiger partial charge >= 0.3 is 0 Å². The van der Waals surface area contributed by atoms with Crippen molar-refractivity contribution in [1.29, 1.82) is 0 Å². The first-order valence-electron chi connectivity index (χ1n) is 9.21. The molecule has 0 saturated carbocycles. The van der Waals surface area contributed by atoms with E-state index in [9.17, 15) is 8.42 Å².